The van der Waals surface area contributed by atoms with Gasteiger partial charge in [-0.1, -0.05) is 6.08 Å². The largest absolute Gasteiger partial charge is 0.342 e. The topological polar surface area (TPSA) is 118 Å². The molecule has 0 radical (unpaired) electrons. The van der Waals surface area contributed by atoms with Gasteiger partial charge in [-0.3, -0.25) is 10.2 Å². The number of sulfonamides is 1. The summed E-state index contributed by atoms with van der Waals surface area (Å²) in [5, 5.41) is 0. The number of nitrogens with two attached hydrogens (primary N) is 1. The summed E-state index contributed by atoms with van der Waals surface area (Å²) in [6.45, 7) is 0. The van der Waals surface area contributed by atoms with Crippen molar-refractivity contribution in [2.24, 2.45) is 5.84 Å². The second-order valence-corrected chi connectivity index (χ2v) is 4.37. The number of carbonyl (C=O) groups is 2. The van der Waals surface area contributed by atoms with Crippen LogP contribution in [0.3, 0.4) is 0 Å². The van der Waals surface area contributed by atoms with Crippen LogP contribution in [0.1, 0.15) is 6.42 Å². The molecule has 0 unspecified atom stereocenters. The summed E-state index contributed by atoms with van der Waals surface area (Å²) >= 11 is 0. The average Bonchev–Trinajstić information content (AvgIpc) is 2.17. The molecule has 15 heavy (non-hydrogen) atoms. The van der Waals surface area contributed by atoms with E-state index in [1.807, 2.05) is 0 Å². The van der Waals surface area contributed by atoms with E-state index < -0.39 is 16.1 Å². The Kier molecular flexibility index (Phi) is 3.22. The number of urea groups is 1. The number of amides is 2. The lowest BCUT2D eigenvalue weighted by Crippen LogP contribution is -2.43. The van der Waals surface area contributed by atoms with Crippen LogP contribution in [0.5, 0.6) is 0 Å². The number of hydrogen-bond acceptors (Lipinski definition) is 5. The van der Waals surface area contributed by atoms with E-state index in [1.54, 1.807) is 10.1 Å². The number of hydrazine groups is 1. The van der Waals surface area contributed by atoms with Crippen LogP contribution in [0.2, 0.25) is 0 Å². The number of rotatable bonds is 2. The van der Waals surface area contributed by atoms with Gasteiger partial charge in [0.15, 0.2) is 5.78 Å². The van der Waals surface area contributed by atoms with Gasteiger partial charge in [0.25, 0.3) is 10.0 Å². The summed E-state index contributed by atoms with van der Waals surface area (Å²) in [7, 11) is -3.94. The maximum atomic E-state index is 11.4. The van der Waals surface area contributed by atoms with Crippen molar-refractivity contribution in [3.63, 3.8) is 0 Å². The zero-order valence-electron chi connectivity index (χ0n) is 7.56. The first kappa shape index (κ1) is 11.4. The summed E-state index contributed by atoms with van der Waals surface area (Å²) in [4.78, 5) is 21.3. The van der Waals surface area contributed by atoms with E-state index in [2.05, 4.69) is 0 Å². The standard InChI is InChI=1S/C7H9N3O4S/c8-9-7(12)10-15(13,14)6-3-1-5(11)2-4-6/h1,3-4H,2,8H2,(H2,9,10,12). The molecular formula is C7H9N3O4S. The Labute approximate surface area is 86.0 Å². The smallest absolute Gasteiger partial charge is 0.295 e. The van der Waals surface area contributed by atoms with Gasteiger partial charge in [-0.2, -0.15) is 0 Å². The fourth-order valence-electron chi connectivity index (χ4n) is 0.922. The van der Waals surface area contributed by atoms with Gasteiger partial charge >= 0.3 is 6.03 Å². The Morgan fingerprint density at radius 1 is 1.40 bits per heavy atom. The minimum atomic E-state index is -3.94. The fourth-order valence-corrected chi connectivity index (χ4v) is 1.89. The van der Waals surface area contributed by atoms with Gasteiger partial charge in [0, 0.05) is 6.42 Å². The molecule has 0 aromatic carbocycles. The van der Waals surface area contributed by atoms with Crippen LogP contribution < -0.4 is 16.0 Å². The summed E-state index contributed by atoms with van der Waals surface area (Å²) in [6.07, 6.45) is 3.47. The SMILES string of the molecule is NNC(=O)NS(=O)(=O)C1=CCC(=O)C=C1. The first-order chi connectivity index (χ1) is 6.95. The lowest BCUT2D eigenvalue weighted by atomic mass is 10.2. The van der Waals surface area contributed by atoms with E-state index >= 15 is 0 Å². The van der Waals surface area contributed by atoms with E-state index in [-0.39, 0.29) is 17.1 Å². The van der Waals surface area contributed by atoms with Crippen molar-refractivity contribution in [1.82, 2.24) is 10.1 Å². The molecule has 4 N–H and O–H groups in total. The van der Waals surface area contributed by atoms with Crippen LogP contribution in [0.25, 0.3) is 0 Å². The first-order valence-corrected chi connectivity index (χ1v) is 5.38. The average molecular weight is 231 g/mol. The Bertz CT molecular complexity index is 449. The maximum absolute atomic E-state index is 11.4. The summed E-state index contributed by atoms with van der Waals surface area (Å²) in [5.74, 6) is 4.52. The third-order valence-electron chi connectivity index (χ3n) is 1.61. The Hall–Kier alpha value is -1.67. The van der Waals surface area contributed by atoms with Crippen molar-refractivity contribution in [2.75, 3.05) is 0 Å². The monoisotopic (exact) mass is 231 g/mol. The number of carbonyl (C=O) groups excluding carboxylic acids is 2. The summed E-state index contributed by atoms with van der Waals surface area (Å²) in [5.41, 5.74) is 1.62. The summed E-state index contributed by atoms with van der Waals surface area (Å²) in [6, 6.07) is -1.04. The quantitative estimate of drug-likeness (QED) is 0.317. The molecular weight excluding hydrogens is 222 g/mol. The van der Waals surface area contributed by atoms with Crippen LogP contribution in [0.15, 0.2) is 23.1 Å². The van der Waals surface area contributed by atoms with Crippen molar-refractivity contribution in [3.05, 3.63) is 23.1 Å². The van der Waals surface area contributed by atoms with Gasteiger partial charge in [0.1, 0.15) is 0 Å². The van der Waals surface area contributed by atoms with E-state index in [0.29, 0.717) is 0 Å². The minimum Gasteiger partial charge on any atom is -0.295 e. The Morgan fingerprint density at radius 2 is 2.07 bits per heavy atom. The van der Waals surface area contributed by atoms with Gasteiger partial charge in [-0.15, -0.1) is 0 Å². The predicted octanol–water partition coefficient (Wildman–Crippen LogP) is -1.10. The highest BCUT2D eigenvalue weighted by molar-refractivity contribution is 7.94. The number of ketones is 1. The van der Waals surface area contributed by atoms with Crippen molar-refractivity contribution in [1.29, 1.82) is 0 Å². The highest BCUT2D eigenvalue weighted by atomic mass is 32.2. The van der Waals surface area contributed by atoms with Crippen molar-refractivity contribution < 1.29 is 18.0 Å². The molecule has 1 rings (SSSR count). The molecule has 0 fully saturated rings. The number of hydrogen-bond donors (Lipinski definition) is 3. The lowest BCUT2D eigenvalue weighted by Gasteiger charge is -2.08. The van der Waals surface area contributed by atoms with E-state index in [0.717, 1.165) is 12.2 Å². The molecule has 1 aliphatic carbocycles. The molecule has 0 aliphatic heterocycles. The second kappa shape index (κ2) is 4.24. The molecule has 82 valence electrons. The predicted molar refractivity (Wildman–Crippen MR) is 51.6 cm³/mol. The Balaban J connectivity index is 2.84. The maximum Gasteiger partial charge on any atom is 0.342 e. The van der Waals surface area contributed by atoms with Crippen LogP contribution in [-0.2, 0) is 14.8 Å². The van der Waals surface area contributed by atoms with Crippen molar-refractivity contribution >= 4 is 21.8 Å². The zero-order chi connectivity index (χ0) is 11.5. The first-order valence-electron chi connectivity index (χ1n) is 3.90. The molecule has 1 aliphatic rings. The normalized spacial score (nSPS) is 15.8. The van der Waals surface area contributed by atoms with Crippen molar-refractivity contribution in [3.8, 4) is 0 Å². The molecule has 7 nitrogen and oxygen atoms in total. The van der Waals surface area contributed by atoms with Crippen LogP contribution in [0, 0.1) is 0 Å². The summed E-state index contributed by atoms with van der Waals surface area (Å²) < 4.78 is 24.5. The molecule has 2 amide bonds. The van der Waals surface area contributed by atoms with Gasteiger partial charge < -0.3 is 0 Å². The van der Waals surface area contributed by atoms with E-state index in [9.17, 15) is 18.0 Å². The van der Waals surface area contributed by atoms with Crippen LogP contribution in [-0.4, -0.2) is 20.2 Å². The zero-order valence-corrected chi connectivity index (χ0v) is 8.37. The molecule has 0 aromatic heterocycles. The molecule has 0 atom stereocenters. The van der Waals surface area contributed by atoms with Gasteiger partial charge in [0.2, 0.25) is 0 Å². The molecule has 0 saturated heterocycles. The third kappa shape index (κ3) is 2.89. The fraction of sp³-hybridized carbons (Fsp3) is 0.143. The molecule has 0 heterocycles. The number of nitrogens with one attached hydrogen (secondary N) is 2. The Morgan fingerprint density at radius 3 is 2.53 bits per heavy atom. The third-order valence-corrected chi connectivity index (χ3v) is 2.98. The number of allylic oxidation sites excluding steroid dienone is 3. The molecule has 0 spiro atoms. The second-order valence-electron chi connectivity index (χ2n) is 2.69. The van der Waals surface area contributed by atoms with Gasteiger partial charge in [0.05, 0.1) is 4.91 Å². The molecule has 0 aromatic rings. The lowest BCUT2D eigenvalue weighted by molar-refractivity contribution is -0.113. The van der Waals surface area contributed by atoms with Crippen LogP contribution in [0.4, 0.5) is 4.79 Å². The van der Waals surface area contributed by atoms with E-state index in [1.165, 1.54) is 6.08 Å². The highest BCUT2D eigenvalue weighted by Gasteiger charge is 2.20. The van der Waals surface area contributed by atoms with E-state index in [4.69, 9.17) is 5.84 Å². The molecule has 0 saturated carbocycles. The minimum absolute atomic E-state index is 0.00299. The van der Waals surface area contributed by atoms with Gasteiger partial charge in [-0.25, -0.2) is 23.8 Å². The van der Waals surface area contributed by atoms with Gasteiger partial charge in [-0.05, 0) is 12.2 Å². The van der Waals surface area contributed by atoms with Crippen molar-refractivity contribution in [2.45, 2.75) is 6.42 Å². The highest BCUT2D eigenvalue weighted by Crippen LogP contribution is 2.12. The molecule has 0 bridgehead atoms. The molecule has 8 heteroatoms. The van der Waals surface area contributed by atoms with Crippen LogP contribution >= 0.6 is 0 Å².